The van der Waals surface area contributed by atoms with Crippen molar-refractivity contribution in [2.75, 3.05) is 19.8 Å². The van der Waals surface area contributed by atoms with E-state index >= 15 is 0 Å². The number of rotatable bonds is 4. The average molecular weight is 333 g/mol. The Bertz CT molecular complexity index is 627. The Morgan fingerprint density at radius 1 is 1.48 bits per heavy atom. The summed E-state index contributed by atoms with van der Waals surface area (Å²) in [5.74, 6) is 0.00491. The van der Waals surface area contributed by atoms with Gasteiger partial charge < -0.3 is 10.1 Å². The quantitative estimate of drug-likeness (QED) is 0.863. The van der Waals surface area contributed by atoms with E-state index in [9.17, 15) is 13.2 Å². The third kappa shape index (κ3) is 4.41. The molecule has 0 aromatic heterocycles. The summed E-state index contributed by atoms with van der Waals surface area (Å²) in [6, 6.07) is 3.92. The second-order valence-corrected chi connectivity index (χ2v) is 6.92. The second kappa shape index (κ2) is 6.74. The molecule has 1 aliphatic rings. The van der Waals surface area contributed by atoms with E-state index in [2.05, 4.69) is 5.32 Å². The summed E-state index contributed by atoms with van der Waals surface area (Å²) in [5.41, 5.74) is 0.295. The fourth-order valence-corrected chi connectivity index (χ4v) is 3.27. The number of carbonyl (C=O) groups excluding carboxylic acids is 1. The molecule has 0 bridgehead atoms. The molecule has 0 radical (unpaired) electrons. The first-order chi connectivity index (χ1) is 9.88. The maximum absolute atomic E-state index is 12.0. The van der Waals surface area contributed by atoms with Gasteiger partial charge in [-0.3, -0.25) is 4.79 Å². The lowest BCUT2D eigenvalue weighted by Crippen LogP contribution is -2.33. The number of ether oxygens (including phenoxy) is 1. The first-order valence-electron chi connectivity index (χ1n) is 6.56. The van der Waals surface area contributed by atoms with Gasteiger partial charge in [-0.2, -0.15) is 0 Å². The number of nitrogens with two attached hydrogens (primary N) is 1. The number of nitrogens with one attached hydrogen (secondary N) is 1. The molecule has 2 rings (SSSR count). The fourth-order valence-electron chi connectivity index (χ4n) is 2.18. The minimum atomic E-state index is -3.89. The monoisotopic (exact) mass is 332 g/mol. The Morgan fingerprint density at radius 2 is 2.24 bits per heavy atom. The molecule has 1 saturated heterocycles. The van der Waals surface area contributed by atoms with Crippen molar-refractivity contribution < 1.29 is 17.9 Å². The van der Waals surface area contributed by atoms with E-state index in [1.165, 1.54) is 18.2 Å². The van der Waals surface area contributed by atoms with Crippen molar-refractivity contribution in [3.05, 3.63) is 28.8 Å². The number of hydrogen-bond donors (Lipinski definition) is 2. The maximum Gasteiger partial charge on any atom is 0.251 e. The number of primary sulfonamides is 1. The summed E-state index contributed by atoms with van der Waals surface area (Å²) < 4.78 is 27.8. The normalized spacial score (nSPS) is 19.2. The topological polar surface area (TPSA) is 98.5 Å². The molecule has 21 heavy (non-hydrogen) atoms. The van der Waals surface area contributed by atoms with Gasteiger partial charge in [0.15, 0.2) is 0 Å². The summed E-state index contributed by atoms with van der Waals surface area (Å²) in [5, 5.41) is 7.75. The number of sulfonamides is 1. The SMILES string of the molecule is NS(=O)(=O)c1ccc(C(=O)NC[C@@H]2CCCOC2)cc1Cl. The van der Waals surface area contributed by atoms with E-state index in [4.69, 9.17) is 21.5 Å². The molecule has 0 spiro atoms. The predicted octanol–water partition coefficient (Wildman–Crippen LogP) is 1.14. The third-order valence-electron chi connectivity index (χ3n) is 3.31. The smallest absolute Gasteiger partial charge is 0.251 e. The first-order valence-corrected chi connectivity index (χ1v) is 8.48. The summed E-state index contributed by atoms with van der Waals surface area (Å²) >= 11 is 5.85. The highest BCUT2D eigenvalue weighted by Crippen LogP contribution is 2.21. The Hall–Kier alpha value is -1.15. The molecule has 116 valence electrons. The van der Waals surface area contributed by atoms with Crippen LogP contribution in [0, 0.1) is 5.92 Å². The van der Waals surface area contributed by atoms with Crippen molar-refractivity contribution >= 4 is 27.5 Å². The highest BCUT2D eigenvalue weighted by Gasteiger charge is 2.17. The van der Waals surface area contributed by atoms with Crippen LogP contribution in [0.25, 0.3) is 0 Å². The second-order valence-electron chi connectivity index (χ2n) is 4.98. The summed E-state index contributed by atoms with van der Waals surface area (Å²) in [7, 11) is -3.89. The van der Waals surface area contributed by atoms with Crippen LogP contribution >= 0.6 is 11.6 Å². The minimum Gasteiger partial charge on any atom is -0.381 e. The number of halogens is 1. The van der Waals surface area contributed by atoms with E-state index in [0.29, 0.717) is 24.6 Å². The van der Waals surface area contributed by atoms with Gasteiger partial charge in [0.1, 0.15) is 4.90 Å². The zero-order valence-corrected chi connectivity index (χ0v) is 12.9. The van der Waals surface area contributed by atoms with Gasteiger partial charge in [0, 0.05) is 18.7 Å². The molecule has 6 nitrogen and oxygen atoms in total. The van der Waals surface area contributed by atoms with E-state index in [1.807, 2.05) is 0 Å². The van der Waals surface area contributed by atoms with Gasteiger partial charge in [-0.15, -0.1) is 0 Å². The molecule has 1 aromatic rings. The molecule has 3 N–H and O–H groups in total. The Balaban J connectivity index is 2.01. The zero-order valence-electron chi connectivity index (χ0n) is 11.3. The fraction of sp³-hybridized carbons (Fsp3) is 0.462. The van der Waals surface area contributed by atoms with Crippen molar-refractivity contribution in [1.82, 2.24) is 5.32 Å². The van der Waals surface area contributed by atoms with Crippen LogP contribution in [-0.4, -0.2) is 34.1 Å². The number of benzene rings is 1. The van der Waals surface area contributed by atoms with Gasteiger partial charge in [-0.05, 0) is 37.0 Å². The molecule has 1 atom stereocenters. The van der Waals surface area contributed by atoms with Crippen LogP contribution in [0.4, 0.5) is 0 Å². The van der Waals surface area contributed by atoms with Gasteiger partial charge in [0.2, 0.25) is 10.0 Å². The predicted molar refractivity (Wildman–Crippen MR) is 78.7 cm³/mol. The number of amides is 1. The average Bonchev–Trinajstić information content (AvgIpc) is 2.44. The van der Waals surface area contributed by atoms with E-state index in [0.717, 1.165) is 19.4 Å². The molecule has 1 aromatic carbocycles. The highest BCUT2D eigenvalue weighted by molar-refractivity contribution is 7.89. The van der Waals surface area contributed by atoms with E-state index in [1.54, 1.807) is 0 Å². The van der Waals surface area contributed by atoms with Crippen molar-refractivity contribution in [1.29, 1.82) is 0 Å². The van der Waals surface area contributed by atoms with Crippen molar-refractivity contribution in [2.24, 2.45) is 11.1 Å². The standard InChI is InChI=1S/C13H17ClN2O4S/c14-11-6-10(3-4-12(11)21(15,18)19)13(17)16-7-9-2-1-5-20-8-9/h3-4,6,9H,1-2,5,7-8H2,(H,16,17)(H2,15,18,19)/t9-/m0/s1. The van der Waals surface area contributed by atoms with Gasteiger partial charge >= 0.3 is 0 Å². The van der Waals surface area contributed by atoms with Crippen molar-refractivity contribution in [3.8, 4) is 0 Å². The Morgan fingerprint density at radius 3 is 2.81 bits per heavy atom. The van der Waals surface area contributed by atoms with Crippen LogP contribution in [0.3, 0.4) is 0 Å². The molecular weight excluding hydrogens is 316 g/mol. The van der Waals surface area contributed by atoms with Crippen LogP contribution in [-0.2, 0) is 14.8 Å². The molecule has 1 aliphatic heterocycles. The number of carbonyl (C=O) groups is 1. The van der Waals surface area contributed by atoms with Crippen LogP contribution in [0.15, 0.2) is 23.1 Å². The molecule has 8 heteroatoms. The van der Waals surface area contributed by atoms with E-state index in [-0.39, 0.29) is 15.8 Å². The minimum absolute atomic E-state index is 0.0638. The third-order valence-corrected chi connectivity index (χ3v) is 4.70. The van der Waals surface area contributed by atoms with E-state index < -0.39 is 10.0 Å². The van der Waals surface area contributed by atoms with Gasteiger partial charge in [-0.25, -0.2) is 13.6 Å². The van der Waals surface area contributed by atoms with Gasteiger partial charge in [-0.1, -0.05) is 11.6 Å². The zero-order chi connectivity index (χ0) is 15.5. The summed E-state index contributed by atoms with van der Waals surface area (Å²) in [6.07, 6.45) is 2.01. The number of hydrogen-bond acceptors (Lipinski definition) is 4. The summed E-state index contributed by atoms with van der Waals surface area (Å²) in [6.45, 7) is 1.94. The molecule has 0 aliphatic carbocycles. The molecule has 0 saturated carbocycles. The molecule has 1 heterocycles. The lowest BCUT2D eigenvalue weighted by Gasteiger charge is -2.22. The first kappa shape index (κ1) is 16.2. The highest BCUT2D eigenvalue weighted by atomic mass is 35.5. The lowest BCUT2D eigenvalue weighted by atomic mass is 10.0. The van der Waals surface area contributed by atoms with Crippen molar-refractivity contribution in [2.45, 2.75) is 17.7 Å². The molecule has 0 unspecified atom stereocenters. The van der Waals surface area contributed by atoms with Gasteiger partial charge in [0.05, 0.1) is 11.6 Å². The Kier molecular flexibility index (Phi) is 5.21. The van der Waals surface area contributed by atoms with Crippen LogP contribution in [0.2, 0.25) is 5.02 Å². The van der Waals surface area contributed by atoms with Crippen molar-refractivity contribution in [3.63, 3.8) is 0 Å². The van der Waals surface area contributed by atoms with Crippen LogP contribution < -0.4 is 10.5 Å². The molecule has 1 fully saturated rings. The largest absolute Gasteiger partial charge is 0.381 e. The van der Waals surface area contributed by atoms with Crippen LogP contribution in [0.1, 0.15) is 23.2 Å². The molecular formula is C13H17ClN2O4S. The maximum atomic E-state index is 12.0. The molecule has 1 amide bonds. The Labute approximate surface area is 128 Å². The van der Waals surface area contributed by atoms with Gasteiger partial charge in [0.25, 0.3) is 5.91 Å². The lowest BCUT2D eigenvalue weighted by molar-refractivity contribution is 0.0536. The summed E-state index contributed by atoms with van der Waals surface area (Å²) in [4.78, 5) is 11.8. The van der Waals surface area contributed by atoms with Crippen LogP contribution in [0.5, 0.6) is 0 Å².